The lowest BCUT2D eigenvalue weighted by atomic mass is 9.89. The average molecular weight is 438 g/mol. The van der Waals surface area contributed by atoms with Gasteiger partial charge in [0.2, 0.25) is 5.95 Å². The molecule has 0 spiro atoms. The second-order valence-electron chi connectivity index (χ2n) is 9.23. The lowest BCUT2D eigenvalue weighted by Gasteiger charge is -2.37. The SMILES string of the molecule is CC1=C(C(=O)Nc2ccc3c(cnn3C(=O)OC(C)(C)C)c2)C(C)(C)n2nnnc2N1C. The summed E-state index contributed by atoms with van der Waals surface area (Å²) < 4.78 is 8.23. The molecule has 0 bridgehead atoms. The number of carbonyl (C=O) groups excluding carboxylic acids is 2. The van der Waals surface area contributed by atoms with E-state index in [1.165, 1.54) is 4.68 Å². The van der Waals surface area contributed by atoms with Crippen LogP contribution in [0.25, 0.3) is 10.9 Å². The molecular weight excluding hydrogens is 412 g/mol. The first-order valence-electron chi connectivity index (χ1n) is 10.2. The van der Waals surface area contributed by atoms with Gasteiger partial charge in [0.1, 0.15) is 5.60 Å². The van der Waals surface area contributed by atoms with Crippen LogP contribution in [0.3, 0.4) is 0 Å². The van der Waals surface area contributed by atoms with E-state index < -0.39 is 17.2 Å². The predicted molar refractivity (Wildman–Crippen MR) is 118 cm³/mol. The summed E-state index contributed by atoms with van der Waals surface area (Å²) in [4.78, 5) is 27.5. The zero-order chi connectivity index (χ0) is 23.4. The van der Waals surface area contributed by atoms with Gasteiger partial charge in [0.15, 0.2) is 0 Å². The molecule has 0 saturated heterocycles. The van der Waals surface area contributed by atoms with E-state index in [4.69, 9.17) is 4.74 Å². The maximum absolute atomic E-state index is 13.3. The number of hydrogen-bond donors (Lipinski definition) is 1. The minimum atomic E-state index is -0.745. The number of allylic oxidation sites excluding steroid dienone is 1. The summed E-state index contributed by atoms with van der Waals surface area (Å²) in [6.45, 7) is 11.0. The Morgan fingerprint density at radius 2 is 1.91 bits per heavy atom. The molecule has 0 saturated carbocycles. The minimum Gasteiger partial charge on any atom is -0.442 e. The maximum atomic E-state index is 13.3. The zero-order valence-electron chi connectivity index (χ0n) is 19.2. The molecule has 1 aliphatic rings. The van der Waals surface area contributed by atoms with Crippen molar-refractivity contribution in [3.63, 3.8) is 0 Å². The van der Waals surface area contributed by atoms with Crippen LogP contribution in [0, 0.1) is 0 Å². The normalized spacial score (nSPS) is 15.7. The summed E-state index contributed by atoms with van der Waals surface area (Å²) in [5.41, 5.74) is 1.09. The smallest absolute Gasteiger partial charge is 0.435 e. The molecule has 1 N–H and O–H groups in total. The summed E-state index contributed by atoms with van der Waals surface area (Å²) in [6.07, 6.45) is 1.000. The number of nitrogens with one attached hydrogen (secondary N) is 1. The monoisotopic (exact) mass is 438 g/mol. The van der Waals surface area contributed by atoms with Crippen LogP contribution in [-0.2, 0) is 15.1 Å². The van der Waals surface area contributed by atoms with Gasteiger partial charge < -0.3 is 15.0 Å². The second kappa shape index (κ2) is 7.14. The molecule has 1 amide bonds. The van der Waals surface area contributed by atoms with Gasteiger partial charge in [0.05, 0.1) is 22.8 Å². The Morgan fingerprint density at radius 1 is 1.19 bits per heavy atom. The second-order valence-corrected chi connectivity index (χ2v) is 9.23. The molecule has 0 atom stereocenters. The summed E-state index contributed by atoms with van der Waals surface area (Å²) in [5, 5.41) is 19.7. The summed E-state index contributed by atoms with van der Waals surface area (Å²) in [7, 11) is 1.82. The molecule has 0 aliphatic carbocycles. The summed E-state index contributed by atoms with van der Waals surface area (Å²) >= 11 is 0. The van der Waals surface area contributed by atoms with Crippen LogP contribution >= 0.6 is 0 Å². The number of nitrogens with zero attached hydrogens (tertiary/aromatic N) is 7. The highest BCUT2D eigenvalue weighted by Gasteiger charge is 2.41. The first-order valence-corrected chi connectivity index (χ1v) is 10.2. The third kappa shape index (κ3) is 3.49. The minimum absolute atomic E-state index is 0.264. The van der Waals surface area contributed by atoms with E-state index >= 15 is 0 Å². The Labute approximate surface area is 185 Å². The van der Waals surface area contributed by atoms with Crippen LogP contribution in [0.15, 0.2) is 35.7 Å². The highest BCUT2D eigenvalue weighted by atomic mass is 16.6. The van der Waals surface area contributed by atoms with Gasteiger partial charge in [-0.05, 0) is 70.2 Å². The van der Waals surface area contributed by atoms with E-state index in [1.54, 1.807) is 54.7 Å². The number of rotatable bonds is 2. The van der Waals surface area contributed by atoms with Crippen LogP contribution in [0.4, 0.5) is 16.4 Å². The third-order valence-corrected chi connectivity index (χ3v) is 5.38. The molecule has 1 aliphatic heterocycles. The van der Waals surface area contributed by atoms with Crippen molar-refractivity contribution in [2.45, 2.75) is 52.7 Å². The number of ether oxygens (including phenoxy) is 1. The van der Waals surface area contributed by atoms with Crippen molar-refractivity contribution in [3.05, 3.63) is 35.7 Å². The standard InChI is InChI=1S/C21H26N8O3/c1-12-16(21(5,6)29-18(27(12)7)24-25-26-29)17(30)23-14-8-9-15-13(10-14)11-22-28(15)19(31)32-20(2,3)4/h8-11H,1-7H3,(H,23,30). The number of tetrazole rings is 1. The number of fused-ring (bicyclic) bond motifs is 2. The van der Waals surface area contributed by atoms with Gasteiger partial charge in [-0.3, -0.25) is 4.79 Å². The Morgan fingerprint density at radius 3 is 2.59 bits per heavy atom. The quantitative estimate of drug-likeness (QED) is 0.648. The van der Waals surface area contributed by atoms with Crippen LogP contribution < -0.4 is 10.2 Å². The van der Waals surface area contributed by atoms with E-state index in [0.717, 1.165) is 5.70 Å². The molecule has 0 fully saturated rings. The highest BCUT2D eigenvalue weighted by Crippen LogP contribution is 2.37. The molecule has 0 unspecified atom stereocenters. The van der Waals surface area contributed by atoms with Gasteiger partial charge >= 0.3 is 6.09 Å². The first-order chi connectivity index (χ1) is 14.9. The molecule has 32 heavy (non-hydrogen) atoms. The average Bonchev–Trinajstić information content (AvgIpc) is 3.32. The van der Waals surface area contributed by atoms with Crippen molar-refractivity contribution in [2.24, 2.45) is 0 Å². The van der Waals surface area contributed by atoms with Gasteiger partial charge in [-0.2, -0.15) is 9.78 Å². The van der Waals surface area contributed by atoms with Gasteiger partial charge in [-0.1, -0.05) is 5.10 Å². The number of benzene rings is 1. The van der Waals surface area contributed by atoms with E-state index in [0.29, 0.717) is 28.1 Å². The molecule has 168 valence electrons. The number of amides is 1. The van der Waals surface area contributed by atoms with Gasteiger partial charge in [0, 0.05) is 23.8 Å². The van der Waals surface area contributed by atoms with Crippen LogP contribution in [-0.4, -0.2) is 54.6 Å². The van der Waals surface area contributed by atoms with E-state index in [2.05, 4.69) is 25.9 Å². The van der Waals surface area contributed by atoms with Crippen molar-refractivity contribution in [2.75, 3.05) is 17.3 Å². The predicted octanol–water partition coefficient (Wildman–Crippen LogP) is 2.90. The lowest BCUT2D eigenvalue weighted by molar-refractivity contribution is -0.113. The van der Waals surface area contributed by atoms with Crippen LogP contribution in [0.1, 0.15) is 41.5 Å². The Balaban J connectivity index is 1.62. The number of anilines is 2. The largest absolute Gasteiger partial charge is 0.442 e. The molecule has 1 aromatic carbocycles. The van der Waals surface area contributed by atoms with Crippen molar-refractivity contribution in [1.82, 2.24) is 30.0 Å². The Kier molecular flexibility index (Phi) is 4.79. The van der Waals surface area contributed by atoms with E-state index in [1.807, 2.05) is 27.8 Å². The van der Waals surface area contributed by atoms with Crippen molar-refractivity contribution < 1.29 is 14.3 Å². The Bertz CT molecular complexity index is 1260. The van der Waals surface area contributed by atoms with Crippen LogP contribution in [0.5, 0.6) is 0 Å². The fourth-order valence-corrected chi connectivity index (χ4v) is 3.82. The first kappa shape index (κ1) is 21.5. The molecule has 11 heteroatoms. The third-order valence-electron chi connectivity index (χ3n) is 5.38. The van der Waals surface area contributed by atoms with E-state index in [9.17, 15) is 9.59 Å². The topological polar surface area (TPSA) is 120 Å². The molecular formula is C21H26N8O3. The molecule has 4 rings (SSSR count). The summed E-state index contributed by atoms with van der Waals surface area (Å²) in [6, 6.07) is 5.21. The maximum Gasteiger partial charge on any atom is 0.435 e. The van der Waals surface area contributed by atoms with Crippen molar-refractivity contribution >= 4 is 34.5 Å². The van der Waals surface area contributed by atoms with E-state index in [-0.39, 0.29) is 5.91 Å². The fraction of sp³-hybridized carbons (Fsp3) is 0.429. The zero-order valence-corrected chi connectivity index (χ0v) is 19.2. The highest BCUT2D eigenvalue weighted by molar-refractivity contribution is 6.07. The number of aromatic nitrogens is 6. The molecule has 0 radical (unpaired) electrons. The van der Waals surface area contributed by atoms with Gasteiger partial charge in [0.25, 0.3) is 5.91 Å². The number of hydrogen-bond acceptors (Lipinski definition) is 8. The molecule has 3 heterocycles. The van der Waals surface area contributed by atoms with Gasteiger partial charge in [-0.15, -0.1) is 0 Å². The van der Waals surface area contributed by atoms with Gasteiger partial charge in [-0.25, -0.2) is 9.48 Å². The van der Waals surface area contributed by atoms with Crippen LogP contribution in [0.2, 0.25) is 0 Å². The lowest BCUT2D eigenvalue weighted by Crippen LogP contribution is -2.44. The molecule has 2 aromatic heterocycles. The molecule has 11 nitrogen and oxygen atoms in total. The number of carbonyl (C=O) groups is 2. The van der Waals surface area contributed by atoms with Crippen molar-refractivity contribution in [3.8, 4) is 0 Å². The van der Waals surface area contributed by atoms with Crippen molar-refractivity contribution in [1.29, 1.82) is 0 Å². The fourth-order valence-electron chi connectivity index (χ4n) is 3.82. The Hall–Kier alpha value is -3.76. The summed E-state index contributed by atoms with van der Waals surface area (Å²) in [5.74, 6) is 0.305. The molecule has 3 aromatic rings.